The Morgan fingerprint density at radius 2 is 1.84 bits per heavy atom. The molecule has 0 saturated carbocycles. The van der Waals surface area contributed by atoms with Gasteiger partial charge >= 0.3 is 5.97 Å². The summed E-state index contributed by atoms with van der Waals surface area (Å²) in [6.07, 6.45) is 8.07. The van der Waals surface area contributed by atoms with Crippen LogP contribution in [0.3, 0.4) is 0 Å². The van der Waals surface area contributed by atoms with Gasteiger partial charge in [0, 0.05) is 27.9 Å². The van der Waals surface area contributed by atoms with Gasteiger partial charge in [-0.15, -0.1) is 23.1 Å². The molecule has 0 bridgehead atoms. The van der Waals surface area contributed by atoms with Crippen molar-refractivity contribution in [1.82, 2.24) is 0 Å². The van der Waals surface area contributed by atoms with Gasteiger partial charge in [0.25, 0.3) is 0 Å². The summed E-state index contributed by atoms with van der Waals surface area (Å²) >= 11 is 6.52. The molecular formula is C25H25BrNO3S2+. The minimum Gasteiger partial charge on any atom is -0.466 e. The van der Waals surface area contributed by atoms with Crippen LogP contribution in [-0.2, 0) is 16.0 Å². The van der Waals surface area contributed by atoms with Crippen molar-refractivity contribution in [3.05, 3.63) is 87.0 Å². The van der Waals surface area contributed by atoms with Crippen molar-refractivity contribution in [3.63, 3.8) is 0 Å². The van der Waals surface area contributed by atoms with Crippen LogP contribution >= 0.6 is 39.0 Å². The van der Waals surface area contributed by atoms with Crippen LogP contribution in [0.2, 0.25) is 0 Å². The number of halogens is 1. The van der Waals surface area contributed by atoms with Crippen LogP contribution < -0.4 is 4.57 Å². The molecule has 0 fully saturated rings. The first-order valence-corrected chi connectivity index (χ1v) is 12.9. The van der Waals surface area contributed by atoms with Gasteiger partial charge in [0.2, 0.25) is 11.5 Å². The lowest BCUT2D eigenvalue weighted by atomic mass is 10.0. The number of ether oxygens (including phenoxy) is 1. The highest BCUT2D eigenvalue weighted by atomic mass is 79.9. The van der Waals surface area contributed by atoms with Crippen LogP contribution in [0.1, 0.15) is 40.2 Å². The van der Waals surface area contributed by atoms with Crippen LogP contribution in [-0.4, -0.2) is 24.1 Å². The number of esters is 1. The quantitative estimate of drug-likeness (QED) is 0.110. The van der Waals surface area contributed by atoms with E-state index >= 15 is 0 Å². The van der Waals surface area contributed by atoms with E-state index in [1.165, 1.54) is 11.3 Å². The zero-order valence-corrected chi connectivity index (χ0v) is 21.5. The maximum Gasteiger partial charge on any atom is 0.310 e. The smallest absolute Gasteiger partial charge is 0.310 e. The largest absolute Gasteiger partial charge is 0.466 e. The number of aromatic nitrogens is 1. The molecule has 2 heterocycles. The maximum absolute atomic E-state index is 13.5. The van der Waals surface area contributed by atoms with Crippen LogP contribution in [0.15, 0.2) is 69.6 Å². The molecule has 3 rings (SSSR count). The second-order valence-corrected chi connectivity index (χ2v) is 10.3. The summed E-state index contributed by atoms with van der Waals surface area (Å²) in [5.41, 5.74) is 3.30. The molecule has 0 spiro atoms. The fourth-order valence-electron chi connectivity index (χ4n) is 3.10. The third kappa shape index (κ3) is 5.97. The highest BCUT2D eigenvalue weighted by Crippen LogP contribution is 2.38. The first kappa shape index (κ1) is 24.4. The molecule has 32 heavy (non-hydrogen) atoms. The zero-order valence-electron chi connectivity index (χ0n) is 18.3. The fourth-order valence-corrected chi connectivity index (χ4v) is 5.87. The normalized spacial score (nSPS) is 11.1. The number of ketones is 1. The summed E-state index contributed by atoms with van der Waals surface area (Å²) in [5, 5.41) is 0. The van der Waals surface area contributed by atoms with Crippen molar-refractivity contribution >= 4 is 50.8 Å². The molecule has 0 unspecified atom stereocenters. The molecule has 0 N–H and O–H groups in total. The number of pyridine rings is 1. The zero-order chi connectivity index (χ0) is 23.1. The number of aryl methyl sites for hydroxylation is 1. The van der Waals surface area contributed by atoms with E-state index in [0.717, 1.165) is 25.7 Å². The Kier molecular flexibility index (Phi) is 8.84. The van der Waals surface area contributed by atoms with Crippen LogP contribution in [0.4, 0.5) is 0 Å². The molecule has 166 valence electrons. The predicted molar refractivity (Wildman–Crippen MR) is 134 cm³/mol. The summed E-state index contributed by atoms with van der Waals surface area (Å²) in [7, 11) is 0. The van der Waals surface area contributed by atoms with Crippen molar-refractivity contribution in [2.75, 3.05) is 12.4 Å². The molecule has 0 aliphatic carbocycles. The van der Waals surface area contributed by atoms with Crippen molar-refractivity contribution in [3.8, 4) is 5.69 Å². The van der Waals surface area contributed by atoms with Gasteiger partial charge in [0.05, 0.1) is 23.5 Å². The molecular weight excluding hydrogens is 506 g/mol. The molecule has 2 aromatic heterocycles. The molecule has 3 aromatic rings. The average molecular weight is 532 g/mol. The highest BCUT2D eigenvalue weighted by molar-refractivity contribution is 9.10. The van der Waals surface area contributed by atoms with Gasteiger partial charge in [-0.3, -0.25) is 9.59 Å². The molecule has 0 aliphatic rings. The van der Waals surface area contributed by atoms with Crippen molar-refractivity contribution in [2.45, 2.75) is 31.4 Å². The summed E-state index contributed by atoms with van der Waals surface area (Å²) in [6.45, 7) is 6.10. The van der Waals surface area contributed by atoms with Gasteiger partial charge < -0.3 is 4.74 Å². The van der Waals surface area contributed by atoms with E-state index in [9.17, 15) is 9.59 Å². The standard InChI is InChI=1S/C25H25BrNO3S2/c1-4-6-15-31-25-22(27-13-11-17(3)12-14-27)20(16-21(28)30-5-2)24(32-25)23(29)18-7-9-19(26)10-8-18/h4,6-14H,5,15-16H2,1-3H3/q+1/b6-4+. The van der Waals surface area contributed by atoms with E-state index in [1.54, 1.807) is 30.8 Å². The summed E-state index contributed by atoms with van der Waals surface area (Å²) < 4.78 is 9.14. The van der Waals surface area contributed by atoms with Crippen molar-refractivity contribution < 1.29 is 18.9 Å². The Morgan fingerprint density at radius 3 is 2.47 bits per heavy atom. The number of benzene rings is 1. The molecule has 7 heteroatoms. The minimum atomic E-state index is -0.339. The van der Waals surface area contributed by atoms with E-state index in [-0.39, 0.29) is 18.2 Å². The highest BCUT2D eigenvalue weighted by Gasteiger charge is 2.31. The lowest BCUT2D eigenvalue weighted by Gasteiger charge is -2.06. The molecule has 0 saturated heterocycles. The molecule has 0 aliphatic heterocycles. The van der Waals surface area contributed by atoms with E-state index < -0.39 is 0 Å². The lowest BCUT2D eigenvalue weighted by Crippen LogP contribution is -2.31. The monoisotopic (exact) mass is 530 g/mol. The van der Waals surface area contributed by atoms with Crippen molar-refractivity contribution in [1.29, 1.82) is 0 Å². The number of thiophene rings is 1. The Hall–Kier alpha value is -2.22. The predicted octanol–water partition coefficient (Wildman–Crippen LogP) is 6.10. The van der Waals surface area contributed by atoms with E-state index in [1.807, 2.05) is 61.1 Å². The SMILES string of the molecule is C/C=C/CSc1sc(C(=O)c2ccc(Br)cc2)c(CC(=O)OCC)c1-[n+]1ccc(C)cc1. The lowest BCUT2D eigenvalue weighted by molar-refractivity contribution is -0.598. The van der Waals surface area contributed by atoms with Crippen LogP contribution in [0, 0.1) is 6.92 Å². The number of hydrogen-bond donors (Lipinski definition) is 0. The number of nitrogens with zero attached hydrogens (tertiary/aromatic N) is 1. The number of thioether (sulfide) groups is 1. The summed E-state index contributed by atoms with van der Waals surface area (Å²) in [5.74, 6) is 0.351. The molecule has 0 atom stereocenters. The fraction of sp³-hybridized carbons (Fsp3) is 0.240. The Bertz CT molecular complexity index is 1120. The average Bonchev–Trinajstić information content (AvgIpc) is 3.12. The Morgan fingerprint density at radius 1 is 1.16 bits per heavy atom. The Labute approximate surface area is 205 Å². The second kappa shape index (κ2) is 11.6. The van der Waals surface area contributed by atoms with Crippen LogP contribution in [0.5, 0.6) is 0 Å². The van der Waals surface area contributed by atoms with Gasteiger partial charge in [-0.05, 0) is 50.6 Å². The van der Waals surface area contributed by atoms with Gasteiger partial charge in [-0.25, -0.2) is 0 Å². The van der Waals surface area contributed by atoms with Gasteiger partial charge in [0.15, 0.2) is 12.4 Å². The first-order chi connectivity index (χ1) is 15.4. The maximum atomic E-state index is 13.5. The topological polar surface area (TPSA) is 47.3 Å². The summed E-state index contributed by atoms with van der Waals surface area (Å²) in [4.78, 5) is 26.6. The summed E-state index contributed by atoms with van der Waals surface area (Å²) in [6, 6.07) is 11.3. The van der Waals surface area contributed by atoms with E-state index in [2.05, 4.69) is 22.0 Å². The number of carbonyl (C=O) groups is 2. The van der Waals surface area contributed by atoms with Gasteiger partial charge in [0.1, 0.15) is 4.21 Å². The number of rotatable bonds is 9. The van der Waals surface area contributed by atoms with E-state index in [0.29, 0.717) is 22.6 Å². The molecule has 4 nitrogen and oxygen atoms in total. The third-order valence-electron chi connectivity index (χ3n) is 4.69. The molecule has 0 amide bonds. The van der Waals surface area contributed by atoms with Crippen LogP contribution in [0.25, 0.3) is 5.69 Å². The van der Waals surface area contributed by atoms with E-state index in [4.69, 9.17) is 4.74 Å². The van der Waals surface area contributed by atoms with Crippen molar-refractivity contribution in [2.24, 2.45) is 0 Å². The number of hydrogen-bond acceptors (Lipinski definition) is 5. The Balaban J connectivity index is 2.18. The second-order valence-electron chi connectivity index (χ2n) is 7.03. The molecule has 0 radical (unpaired) electrons. The number of carbonyl (C=O) groups excluding carboxylic acids is 2. The first-order valence-electron chi connectivity index (χ1n) is 10.3. The van der Waals surface area contributed by atoms with Gasteiger partial charge in [-0.2, -0.15) is 4.57 Å². The number of allylic oxidation sites excluding steroid dienone is 1. The third-order valence-corrected chi connectivity index (χ3v) is 7.65. The van der Waals surface area contributed by atoms with Gasteiger partial charge in [-0.1, -0.05) is 28.1 Å². The minimum absolute atomic E-state index is 0.0440. The molecule has 1 aromatic carbocycles.